The van der Waals surface area contributed by atoms with Crippen molar-refractivity contribution in [1.82, 2.24) is 20.4 Å². The SMILES string of the molecule is CN(C)C(=O)CN=C(NCc1cccs1)NC1CCN(CC2CCOC2)CC1.I. The maximum absolute atomic E-state index is 11.9. The maximum atomic E-state index is 11.9. The van der Waals surface area contributed by atoms with Crippen molar-refractivity contribution in [3.63, 3.8) is 0 Å². The number of thiophene rings is 1. The largest absolute Gasteiger partial charge is 0.381 e. The van der Waals surface area contributed by atoms with Gasteiger partial charge in [0.2, 0.25) is 5.91 Å². The molecule has 0 spiro atoms. The monoisotopic (exact) mass is 535 g/mol. The van der Waals surface area contributed by atoms with E-state index >= 15 is 0 Å². The zero-order valence-electron chi connectivity index (χ0n) is 17.4. The highest BCUT2D eigenvalue weighted by atomic mass is 127. The quantitative estimate of drug-likeness (QED) is 0.318. The number of piperidine rings is 1. The number of guanidine groups is 1. The van der Waals surface area contributed by atoms with Crippen LogP contribution in [-0.4, -0.2) is 81.2 Å². The third-order valence-electron chi connectivity index (χ3n) is 5.35. The fourth-order valence-corrected chi connectivity index (χ4v) is 4.21. The van der Waals surface area contributed by atoms with Gasteiger partial charge in [-0.25, -0.2) is 4.99 Å². The van der Waals surface area contributed by atoms with Gasteiger partial charge in [0.05, 0.1) is 13.2 Å². The van der Waals surface area contributed by atoms with Crippen molar-refractivity contribution in [2.45, 2.75) is 31.8 Å². The first-order chi connectivity index (χ1) is 13.6. The van der Waals surface area contributed by atoms with Crippen molar-refractivity contribution in [2.75, 3.05) is 53.5 Å². The van der Waals surface area contributed by atoms with Crippen molar-refractivity contribution in [2.24, 2.45) is 10.9 Å². The van der Waals surface area contributed by atoms with Crippen LogP contribution in [0.1, 0.15) is 24.1 Å². The topological polar surface area (TPSA) is 69.2 Å². The highest BCUT2D eigenvalue weighted by Gasteiger charge is 2.24. The predicted molar refractivity (Wildman–Crippen MR) is 129 cm³/mol. The summed E-state index contributed by atoms with van der Waals surface area (Å²) >= 11 is 1.72. The van der Waals surface area contributed by atoms with Crippen molar-refractivity contribution in [1.29, 1.82) is 0 Å². The van der Waals surface area contributed by atoms with Gasteiger partial charge < -0.3 is 25.2 Å². The van der Waals surface area contributed by atoms with E-state index < -0.39 is 0 Å². The van der Waals surface area contributed by atoms with Gasteiger partial charge in [0.25, 0.3) is 0 Å². The molecule has 0 radical (unpaired) electrons. The molecule has 2 N–H and O–H groups in total. The summed E-state index contributed by atoms with van der Waals surface area (Å²) in [6.45, 7) is 6.08. The van der Waals surface area contributed by atoms with Crippen LogP contribution in [0.4, 0.5) is 0 Å². The molecular formula is C20H34IN5O2S. The van der Waals surface area contributed by atoms with E-state index in [1.54, 1.807) is 30.3 Å². The lowest BCUT2D eigenvalue weighted by molar-refractivity contribution is -0.127. The van der Waals surface area contributed by atoms with Crippen LogP contribution in [0.3, 0.4) is 0 Å². The Morgan fingerprint density at radius 3 is 2.76 bits per heavy atom. The Labute approximate surface area is 195 Å². The number of amides is 1. The number of aliphatic imine (C=N–C) groups is 1. The van der Waals surface area contributed by atoms with Gasteiger partial charge >= 0.3 is 0 Å². The molecular weight excluding hydrogens is 501 g/mol. The molecule has 1 aromatic heterocycles. The molecule has 3 rings (SSSR count). The standard InChI is InChI=1S/C20H33N5O2S.HI/c1-24(2)19(26)13-22-20(21-12-18-4-3-11-28-18)23-17-5-8-25(9-6-17)14-16-7-10-27-15-16;/h3-4,11,16-17H,5-10,12-15H2,1-2H3,(H2,21,22,23);1H. The van der Waals surface area contributed by atoms with Crippen LogP contribution in [0.25, 0.3) is 0 Å². The number of likely N-dealkylation sites (tertiary alicyclic amines) is 1. The minimum absolute atomic E-state index is 0. The van der Waals surface area contributed by atoms with Crippen LogP contribution in [0.5, 0.6) is 0 Å². The maximum Gasteiger partial charge on any atom is 0.243 e. The molecule has 7 nitrogen and oxygen atoms in total. The average molecular weight is 535 g/mol. The Hall–Kier alpha value is -0.910. The molecule has 9 heteroatoms. The van der Waals surface area contributed by atoms with E-state index in [9.17, 15) is 4.79 Å². The fourth-order valence-electron chi connectivity index (χ4n) is 3.57. The molecule has 2 fully saturated rings. The molecule has 0 bridgehead atoms. The van der Waals surface area contributed by atoms with E-state index in [1.807, 2.05) is 6.07 Å². The molecule has 3 heterocycles. The molecule has 1 unspecified atom stereocenters. The van der Waals surface area contributed by atoms with E-state index in [2.05, 4.69) is 32.0 Å². The number of halogens is 1. The summed E-state index contributed by atoms with van der Waals surface area (Å²) in [6, 6.07) is 4.54. The van der Waals surface area contributed by atoms with Gasteiger partial charge in [-0.3, -0.25) is 4.79 Å². The molecule has 1 atom stereocenters. The van der Waals surface area contributed by atoms with Gasteiger partial charge in [0.1, 0.15) is 6.54 Å². The Kier molecular flexibility index (Phi) is 10.7. The van der Waals surface area contributed by atoms with Crippen LogP contribution < -0.4 is 10.6 Å². The summed E-state index contributed by atoms with van der Waals surface area (Å²) in [5, 5.41) is 9.00. The summed E-state index contributed by atoms with van der Waals surface area (Å²) < 4.78 is 5.50. The van der Waals surface area contributed by atoms with E-state index in [1.165, 1.54) is 11.3 Å². The number of hydrogen-bond acceptors (Lipinski definition) is 5. The van der Waals surface area contributed by atoms with Gasteiger partial charge in [-0.15, -0.1) is 35.3 Å². The van der Waals surface area contributed by atoms with E-state index in [-0.39, 0.29) is 36.4 Å². The second-order valence-electron chi connectivity index (χ2n) is 7.83. The summed E-state index contributed by atoms with van der Waals surface area (Å²) in [5.74, 6) is 1.43. The summed E-state index contributed by atoms with van der Waals surface area (Å²) in [7, 11) is 3.52. The van der Waals surface area contributed by atoms with Gasteiger partial charge in [0.15, 0.2) is 5.96 Å². The lowest BCUT2D eigenvalue weighted by atomic mass is 10.0. The third-order valence-corrected chi connectivity index (χ3v) is 6.23. The lowest BCUT2D eigenvalue weighted by Crippen LogP contribution is -2.49. The first-order valence-electron chi connectivity index (χ1n) is 10.2. The lowest BCUT2D eigenvalue weighted by Gasteiger charge is -2.34. The highest BCUT2D eigenvalue weighted by molar-refractivity contribution is 14.0. The second-order valence-corrected chi connectivity index (χ2v) is 8.87. The number of carbonyl (C=O) groups is 1. The summed E-state index contributed by atoms with van der Waals surface area (Å²) in [6.07, 6.45) is 3.38. The van der Waals surface area contributed by atoms with Crippen LogP contribution in [0.2, 0.25) is 0 Å². The number of carbonyl (C=O) groups excluding carboxylic acids is 1. The number of rotatable bonds is 7. The number of nitrogens with one attached hydrogen (secondary N) is 2. The van der Waals surface area contributed by atoms with Gasteiger partial charge in [-0.1, -0.05) is 6.07 Å². The van der Waals surface area contributed by atoms with E-state index in [0.29, 0.717) is 12.0 Å². The molecule has 0 aromatic carbocycles. The Balaban J connectivity index is 0.00000300. The van der Waals surface area contributed by atoms with Crippen LogP contribution >= 0.6 is 35.3 Å². The van der Waals surface area contributed by atoms with Crippen molar-refractivity contribution in [3.8, 4) is 0 Å². The molecule has 2 aliphatic heterocycles. The first kappa shape index (κ1) is 24.4. The van der Waals surface area contributed by atoms with Crippen LogP contribution in [0.15, 0.2) is 22.5 Å². The average Bonchev–Trinajstić information content (AvgIpc) is 3.39. The molecule has 0 saturated carbocycles. The molecule has 29 heavy (non-hydrogen) atoms. The van der Waals surface area contributed by atoms with Crippen molar-refractivity contribution >= 4 is 47.2 Å². The zero-order chi connectivity index (χ0) is 19.8. The first-order valence-corrected chi connectivity index (χ1v) is 11.1. The molecule has 1 aromatic rings. The van der Waals surface area contributed by atoms with E-state index in [0.717, 1.165) is 58.2 Å². The molecule has 164 valence electrons. The number of nitrogens with zero attached hydrogens (tertiary/aromatic N) is 3. The molecule has 0 aliphatic carbocycles. The highest BCUT2D eigenvalue weighted by Crippen LogP contribution is 2.17. The zero-order valence-corrected chi connectivity index (χ0v) is 20.6. The summed E-state index contributed by atoms with van der Waals surface area (Å²) in [5.41, 5.74) is 0. The number of ether oxygens (including phenoxy) is 1. The Morgan fingerprint density at radius 2 is 2.14 bits per heavy atom. The molecule has 2 saturated heterocycles. The van der Waals surface area contributed by atoms with Crippen LogP contribution in [-0.2, 0) is 16.1 Å². The third kappa shape index (κ3) is 8.39. The second kappa shape index (κ2) is 12.7. The van der Waals surface area contributed by atoms with Crippen molar-refractivity contribution < 1.29 is 9.53 Å². The number of hydrogen-bond donors (Lipinski definition) is 2. The number of likely N-dealkylation sites (N-methyl/N-ethyl adjacent to an activating group) is 1. The van der Waals surface area contributed by atoms with Crippen molar-refractivity contribution in [3.05, 3.63) is 22.4 Å². The molecule has 1 amide bonds. The minimum atomic E-state index is 0. The molecule has 2 aliphatic rings. The smallest absolute Gasteiger partial charge is 0.243 e. The Bertz CT molecular complexity index is 627. The predicted octanol–water partition coefficient (Wildman–Crippen LogP) is 1.99. The van der Waals surface area contributed by atoms with Gasteiger partial charge in [-0.2, -0.15) is 0 Å². The van der Waals surface area contributed by atoms with Gasteiger partial charge in [0, 0.05) is 51.3 Å². The normalized spacial score (nSPS) is 20.9. The minimum Gasteiger partial charge on any atom is -0.381 e. The van der Waals surface area contributed by atoms with Crippen LogP contribution in [0, 0.1) is 5.92 Å². The van der Waals surface area contributed by atoms with E-state index in [4.69, 9.17) is 4.74 Å². The fraction of sp³-hybridized carbons (Fsp3) is 0.700. The Morgan fingerprint density at radius 1 is 1.34 bits per heavy atom. The summed E-state index contributed by atoms with van der Waals surface area (Å²) in [4.78, 5) is 21.8. The van der Waals surface area contributed by atoms with Gasteiger partial charge in [-0.05, 0) is 36.6 Å².